The van der Waals surface area contributed by atoms with Gasteiger partial charge in [-0.15, -0.1) is 6.58 Å². The van der Waals surface area contributed by atoms with Crippen LogP contribution in [0, 0.1) is 11.3 Å². The molecule has 1 heterocycles. The molecule has 0 bridgehead atoms. The number of aryl methyl sites for hydroxylation is 1. The van der Waals surface area contributed by atoms with Gasteiger partial charge in [-0.1, -0.05) is 46.3 Å². The predicted molar refractivity (Wildman–Crippen MR) is 125 cm³/mol. The molecule has 0 amide bonds. The van der Waals surface area contributed by atoms with Gasteiger partial charge in [-0.3, -0.25) is 4.98 Å². The maximum atomic E-state index is 9.95. The number of anilines is 2. The number of benzene rings is 2. The average Bonchev–Trinajstić information content (AvgIpc) is 2.71. The molecule has 0 aliphatic heterocycles. The van der Waals surface area contributed by atoms with Crippen LogP contribution >= 0.6 is 15.9 Å². The van der Waals surface area contributed by atoms with Crippen molar-refractivity contribution in [2.24, 2.45) is 0 Å². The lowest BCUT2D eigenvalue weighted by Gasteiger charge is -2.16. The SMILES string of the molecule is C=CCN(C)CCCCc1nc2ccccc2c(Nc2cccc(Br)c2)c1C#N. The van der Waals surface area contributed by atoms with Crippen molar-refractivity contribution in [2.45, 2.75) is 19.3 Å². The summed E-state index contributed by atoms with van der Waals surface area (Å²) in [6, 6.07) is 18.3. The Morgan fingerprint density at radius 1 is 1.21 bits per heavy atom. The molecule has 0 saturated carbocycles. The average molecular weight is 449 g/mol. The fourth-order valence-corrected chi connectivity index (χ4v) is 3.79. The van der Waals surface area contributed by atoms with Crippen molar-refractivity contribution in [3.8, 4) is 6.07 Å². The Balaban J connectivity index is 1.90. The van der Waals surface area contributed by atoms with Crippen LogP contribution in [0.4, 0.5) is 11.4 Å². The number of fused-ring (bicyclic) bond motifs is 1. The number of likely N-dealkylation sites (N-methyl/N-ethyl adjacent to an activating group) is 1. The molecule has 0 spiro atoms. The van der Waals surface area contributed by atoms with Crippen molar-refractivity contribution in [3.05, 3.63) is 76.9 Å². The number of aromatic nitrogens is 1. The van der Waals surface area contributed by atoms with Crippen LogP contribution in [-0.4, -0.2) is 30.0 Å². The first-order chi connectivity index (χ1) is 14.1. The molecular weight excluding hydrogens is 424 g/mol. The van der Waals surface area contributed by atoms with Crippen LogP contribution in [0.3, 0.4) is 0 Å². The van der Waals surface area contributed by atoms with E-state index in [-0.39, 0.29) is 0 Å². The van der Waals surface area contributed by atoms with Crippen LogP contribution in [-0.2, 0) is 6.42 Å². The second kappa shape index (κ2) is 10.2. The Kier molecular flexibility index (Phi) is 7.40. The topological polar surface area (TPSA) is 52.0 Å². The van der Waals surface area contributed by atoms with E-state index in [1.54, 1.807) is 0 Å². The molecule has 0 fully saturated rings. The van der Waals surface area contributed by atoms with Crippen LogP contribution in [0.1, 0.15) is 24.1 Å². The summed E-state index contributed by atoms with van der Waals surface area (Å²) in [4.78, 5) is 7.06. The van der Waals surface area contributed by atoms with Crippen molar-refractivity contribution in [1.29, 1.82) is 5.26 Å². The number of rotatable bonds is 9. The van der Waals surface area contributed by atoms with Gasteiger partial charge in [0.15, 0.2) is 0 Å². The first kappa shape index (κ1) is 21.0. The maximum absolute atomic E-state index is 9.95. The highest BCUT2D eigenvalue weighted by molar-refractivity contribution is 9.10. The number of nitriles is 1. The van der Waals surface area contributed by atoms with Gasteiger partial charge in [0.1, 0.15) is 6.07 Å². The van der Waals surface area contributed by atoms with Gasteiger partial charge in [-0.2, -0.15) is 5.26 Å². The Labute approximate surface area is 181 Å². The summed E-state index contributed by atoms with van der Waals surface area (Å²) in [6.07, 6.45) is 4.73. The molecule has 4 nitrogen and oxygen atoms in total. The molecule has 29 heavy (non-hydrogen) atoms. The minimum absolute atomic E-state index is 0.628. The second-order valence-corrected chi connectivity index (χ2v) is 8.00. The van der Waals surface area contributed by atoms with Crippen LogP contribution in [0.15, 0.2) is 65.7 Å². The third kappa shape index (κ3) is 5.44. The van der Waals surface area contributed by atoms with Gasteiger partial charge < -0.3 is 10.2 Å². The number of unbranched alkanes of at least 4 members (excludes halogenated alkanes) is 1. The van der Waals surface area contributed by atoms with Crippen LogP contribution in [0.2, 0.25) is 0 Å². The normalized spacial score (nSPS) is 10.8. The number of halogens is 1. The summed E-state index contributed by atoms with van der Waals surface area (Å²) in [6.45, 7) is 5.67. The lowest BCUT2D eigenvalue weighted by atomic mass is 10.0. The number of hydrogen-bond donors (Lipinski definition) is 1. The third-order valence-corrected chi connectivity index (χ3v) is 5.31. The Morgan fingerprint density at radius 2 is 2.03 bits per heavy atom. The minimum Gasteiger partial charge on any atom is -0.354 e. The maximum Gasteiger partial charge on any atom is 0.103 e. The fourth-order valence-electron chi connectivity index (χ4n) is 3.39. The highest BCUT2D eigenvalue weighted by atomic mass is 79.9. The number of hydrogen-bond acceptors (Lipinski definition) is 4. The molecule has 0 atom stereocenters. The van der Waals surface area contributed by atoms with E-state index in [9.17, 15) is 5.26 Å². The number of pyridine rings is 1. The third-order valence-electron chi connectivity index (χ3n) is 4.82. The van der Waals surface area contributed by atoms with E-state index in [4.69, 9.17) is 4.98 Å². The lowest BCUT2D eigenvalue weighted by Crippen LogP contribution is -2.19. The van der Waals surface area contributed by atoms with Gasteiger partial charge in [0, 0.05) is 22.1 Å². The first-order valence-electron chi connectivity index (χ1n) is 9.76. The van der Waals surface area contributed by atoms with E-state index in [0.29, 0.717) is 5.56 Å². The summed E-state index contributed by atoms with van der Waals surface area (Å²) in [7, 11) is 2.09. The van der Waals surface area contributed by atoms with E-state index in [2.05, 4.69) is 45.8 Å². The zero-order chi connectivity index (χ0) is 20.6. The molecule has 1 N–H and O–H groups in total. The smallest absolute Gasteiger partial charge is 0.103 e. The quantitative estimate of drug-likeness (QED) is 0.319. The van der Waals surface area contributed by atoms with Crippen molar-refractivity contribution in [2.75, 3.05) is 25.5 Å². The molecule has 2 aromatic carbocycles. The van der Waals surface area contributed by atoms with E-state index in [1.165, 1.54) is 0 Å². The number of nitrogens with one attached hydrogen (secondary N) is 1. The van der Waals surface area contributed by atoms with Crippen molar-refractivity contribution in [1.82, 2.24) is 9.88 Å². The van der Waals surface area contributed by atoms with Gasteiger partial charge in [0.25, 0.3) is 0 Å². The van der Waals surface area contributed by atoms with Crippen LogP contribution in [0.25, 0.3) is 10.9 Å². The Morgan fingerprint density at radius 3 is 2.79 bits per heavy atom. The second-order valence-electron chi connectivity index (χ2n) is 7.08. The van der Waals surface area contributed by atoms with Crippen molar-refractivity contribution in [3.63, 3.8) is 0 Å². The van der Waals surface area contributed by atoms with E-state index in [1.807, 2.05) is 54.6 Å². The van der Waals surface area contributed by atoms with E-state index >= 15 is 0 Å². The van der Waals surface area contributed by atoms with E-state index in [0.717, 1.165) is 64.8 Å². The summed E-state index contributed by atoms with van der Waals surface area (Å²) < 4.78 is 0.989. The Hall–Kier alpha value is -2.68. The fraction of sp³-hybridized carbons (Fsp3) is 0.250. The number of nitrogens with zero attached hydrogens (tertiary/aromatic N) is 3. The van der Waals surface area contributed by atoms with Crippen LogP contribution in [0.5, 0.6) is 0 Å². The molecule has 3 rings (SSSR count). The van der Waals surface area contributed by atoms with Gasteiger partial charge >= 0.3 is 0 Å². The summed E-state index contributed by atoms with van der Waals surface area (Å²) in [5.74, 6) is 0. The molecule has 0 aliphatic rings. The van der Waals surface area contributed by atoms with Gasteiger partial charge in [-0.25, -0.2) is 0 Å². The zero-order valence-electron chi connectivity index (χ0n) is 16.7. The monoisotopic (exact) mass is 448 g/mol. The van der Waals surface area contributed by atoms with Crippen molar-refractivity contribution >= 4 is 38.2 Å². The number of para-hydroxylation sites is 1. The van der Waals surface area contributed by atoms with E-state index < -0.39 is 0 Å². The first-order valence-corrected chi connectivity index (χ1v) is 10.6. The molecule has 0 saturated heterocycles. The molecular formula is C24H25BrN4. The molecule has 1 aromatic heterocycles. The molecule has 0 radical (unpaired) electrons. The highest BCUT2D eigenvalue weighted by Crippen LogP contribution is 2.32. The summed E-state index contributed by atoms with van der Waals surface area (Å²) in [5.41, 5.74) is 4.15. The Bertz CT molecular complexity index is 1040. The predicted octanol–water partition coefficient (Wildman–Crippen LogP) is 6.05. The summed E-state index contributed by atoms with van der Waals surface area (Å²) >= 11 is 3.51. The molecule has 3 aromatic rings. The van der Waals surface area contributed by atoms with Gasteiger partial charge in [0.05, 0.1) is 22.5 Å². The molecule has 5 heteroatoms. The van der Waals surface area contributed by atoms with Crippen LogP contribution < -0.4 is 5.32 Å². The lowest BCUT2D eigenvalue weighted by molar-refractivity contribution is 0.359. The van der Waals surface area contributed by atoms with Gasteiger partial charge in [-0.05, 0) is 57.1 Å². The standard InChI is InChI=1S/C24H25BrN4/c1-3-14-29(2)15-7-6-13-23-21(17-26)24(20-11-4-5-12-22(20)28-23)27-19-10-8-9-18(25)16-19/h3-5,8-12,16H,1,6-7,13-15H2,2H3,(H,27,28). The molecule has 0 unspecified atom stereocenters. The largest absolute Gasteiger partial charge is 0.354 e. The minimum atomic E-state index is 0.628. The zero-order valence-corrected chi connectivity index (χ0v) is 18.2. The van der Waals surface area contributed by atoms with Gasteiger partial charge in [0.2, 0.25) is 0 Å². The molecule has 148 valence electrons. The van der Waals surface area contributed by atoms with Crippen molar-refractivity contribution < 1.29 is 0 Å². The summed E-state index contributed by atoms with van der Waals surface area (Å²) in [5, 5.41) is 14.4. The highest BCUT2D eigenvalue weighted by Gasteiger charge is 2.15. The molecule has 0 aliphatic carbocycles.